The highest BCUT2D eigenvalue weighted by Crippen LogP contribution is 2.24. The van der Waals surface area contributed by atoms with Crippen LogP contribution in [0.15, 0.2) is 34.6 Å². The molecule has 0 bridgehead atoms. The first-order valence-electron chi connectivity index (χ1n) is 9.31. The van der Waals surface area contributed by atoms with Crippen LogP contribution in [-0.2, 0) is 19.5 Å². The van der Waals surface area contributed by atoms with Crippen molar-refractivity contribution in [2.45, 2.75) is 33.0 Å². The van der Waals surface area contributed by atoms with Crippen LogP contribution in [0.4, 0.5) is 8.78 Å². The lowest BCUT2D eigenvalue weighted by Crippen LogP contribution is -2.42. The molecule has 2 aromatic rings. The molecule has 0 unspecified atom stereocenters. The summed E-state index contributed by atoms with van der Waals surface area (Å²) in [6, 6.07) is 7.38. The van der Waals surface area contributed by atoms with E-state index in [2.05, 4.69) is 36.7 Å². The number of rotatable bonds is 7. The van der Waals surface area contributed by atoms with E-state index in [4.69, 9.17) is 0 Å². The monoisotopic (exact) mass is 536 g/mol. The molecule has 0 saturated heterocycles. The van der Waals surface area contributed by atoms with Crippen LogP contribution in [0.3, 0.4) is 0 Å². The molecule has 1 aliphatic rings. The summed E-state index contributed by atoms with van der Waals surface area (Å²) in [5.41, 5.74) is 3.09. The van der Waals surface area contributed by atoms with Gasteiger partial charge in [0, 0.05) is 50.2 Å². The summed E-state index contributed by atoms with van der Waals surface area (Å²) in [6.07, 6.45) is 1.11. The van der Waals surface area contributed by atoms with Crippen molar-refractivity contribution in [3.8, 4) is 5.75 Å². The largest absolute Gasteiger partial charge is 0.434 e. The van der Waals surface area contributed by atoms with Crippen molar-refractivity contribution < 1.29 is 13.5 Å². The Kier molecular flexibility index (Phi) is 9.57. The third-order valence-corrected chi connectivity index (χ3v) is 5.73. The molecule has 2 heterocycles. The Morgan fingerprint density at radius 2 is 2.14 bits per heavy atom. The molecule has 2 N–H and O–H groups in total. The highest BCUT2D eigenvalue weighted by molar-refractivity contribution is 14.0. The number of ether oxygens (including phenoxy) is 1. The minimum atomic E-state index is -2.84. The molecule has 0 saturated carbocycles. The van der Waals surface area contributed by atoms with Crippen LogP contribution in [0.2, 0.25) is 0 Å². The zero-order chi connectivity index (χ0) is 19.9. The van der Waals surface area contributed by atoms with Crippen LogP contribution >= 0.6 is 35.3 Å². The molecule has 1 aromatic heterocycles. The molecule has 1 aromatic carbocycles. The van der Waals surface area contributed by atoms with Crippen molar-refractivity contribution >= 4 is 41.3 Å². The van der Waals surface area contributed by atoms with Crippen LogP contribution < -0.4 is 15.4 Å². The second-order valence-corrected chi connectivity index (χ2v) is 7.74. The number of nitrogens with one attached hydrogen (secondary N) is 2. The maximum absolute atomic E-state index is 12.6. The third kappa shape index (κ3) is 7.07. The maximum atomic E-state index is 12.6. The minimum absolute atomic E-state index is 0. The molecule has 3 rings (SSSR count). The van der Waals surface area contributed by atoms with E-state index < -0.39 is 6.61 Å². The Balaban J connectivity index is 0.00000300. The Morgan fingerprint density at radius 3 is 2.90 bits per heavy atom. The number of fused-ring (bicyclic) bond motifs is 1. The van der Waals surface area contributed by atoms with Gasteiger partial charge >= 0.3 is 6.61 Å². The van der Waals surface area contributed by atoms with E-state index in [1.807, 2.05) is 24.3 Å². The lowest BCUT2D eigenvalue weighted by atomic mass is 10.1. The molecule has 29 heavy (non-hydrogen) atoms. The molecule has 5 nitrogen and oxygen atoms in total. The van der Waals surface area contributed by atoms with Gasteiger partial charge in [-0.2, -0.15) is 8.78 Å². The first-order valence-corrected chi connectivity index (χ1v) is 10.2. The van der Waals surface area contributed by atoms with Gasteiger partial charge in [0.25, 0.3) is 0 Å². The lowest BCUT2D eigenvalue weighted by molar-refractivity contribution is -0.0504. The zero-order valence-corrected chi connectivity index (χ0v) is 19.7. The maximum Gasteiger partial charge on any atom is 0.387 e. The predicted octanol–water partition coefficient (Wildman–Crippen LogP) is 4.00. The summed E-state index contributed by atoms with van der Waals surface area (Å²) in [5, 5.41) is 8.63. The van der Waals surface area contributed by atoms with E-state index in [1.165, 1.54) is 10.4 Å². The fraction of sp³-hybridized carbons (Fsp3) is 0.450. The van der Waals surface area contributed by atoms with Gasteiger partial charge in [0.15, 0.2) is 5.96 Å². The second-order valence-electron chi connectivity index (χ2n) is 6.74. The molecule has 1 aliphatic heterocycles. The van der Waals surface area contributed by atoms with Crippen molar-refractivity contribution in [1.29, 1.82) is 0 Å². The smallest absolute Gasteiger partial charge is 0.387 e. The highest BCUT2D eigenvalue weighted by atomic mass is 127. The van der Waals surface area contributed by atoms with Gasteiger partial charge in [-0.15, -0.1) is 35.3 Å². The number of halogens is 3. The molecular weight excluding hydrogens is 509 g/mol. The molecule has 0 amide bonds. The molecule has 160 valence electrons. The van der Waals surface area contributed by atoms with Crippen LogP contribution in [0.25, 0.3) is 0 Å². The Morgan fingerprint density at radius 1 is 1.31 bits per heavy atom. The molecular formula is C20H27F2IN4OS. The second kappa shape index (κ2) is 11.7. The number of nitrogens with zero attached hydrogens (tertiary/aromatic N) is 2. The number of guanidine groups is 1. The van der Waals surface area contributed by atoms with Crippen LogP contribution in [0.1, 0.15) is 21.6 Å². The Bertz CT molecular complexity index is 816. The topological polar surface area (TPSA) is 48.9 Å². The number of benzene rings is 1. The SMILES string of the molecule is CN=C(NCCN1CCc2sccc2C1)NCc1cc(C)ccc1OC(F)F.I. The number of aliphatic imine (C=N–C) groups is 1. The van der Waals surface area contributed by atoms with E-state index in [1.54, 1.807) is 19.2 Å². The quantitative estimate of drug-likeness (QED) is 0.319. The van der Waals surface area contributed by atoms with E-state index in [-0.39, 0.29) is 29.7 Å². The van der Waals surface area contributed by atoms with Crippen molar-refractivity contribution in [3.63, 3.8) is 0 Å². The number of hydrogen-bond donors (Lipinski definition) is 2. The van der Waals surface area contributed by atoms with Gasteiger partial charge in [-0.05, 0) is 36.4 Å². The molecule has 0 atom stereocenters. The van der Waals surface area contributed by atoms with Gasteiger partial charge in [0.05, 0.1) is 0 Å². The van der Waals surface area contributed by atoms with Crippen molar-refractivity contribution in [1.82, 2.24) is 15.5 Å². The zero-order valence-electron chi connectivity index (χ0n) is 16.6. The van der Waals surface area contributed by atoms with Crippen molar-refractivity contribution in [2.24, 2.45) is 4.99 Å². The summed E-state index contributed by atoms with van der Waals surface area (Å²) in [4.78, 5) is 8.14. The van der Waals surface area contributed by atoms with Gasteiger partial charge in [-0.25, -0.2) is 0 Å². The number of aryl methyl sites for hydroxylation is 1. The summed E-state index contributed by atoms with van der Waals surface area (Å²) < 4.78 is 29.8. The van der Waals surface area contributed by atoms with E-state index in [0.29, 0.717) is 18.1 Å². The molecule has 0 aliphatic carbocycles. The van der Waals surface area contributed by atoms with Gasteiger partial charge in [0.2, 0.25) is 0 Å². The standard InChI is InChI=1S/C20H26F2N4OS.HI/c1-14-3-4-17(27-19(21)22)16(11-14)12-25-20(23-2)24-7-9-26-8-5-18-15(13-26)6-10-28-18;/h3-4,6,10-11,19H,5,7-9,12-13H2,1-2H3,(H2,23,24,25);1H. The number of hydrogen-bond acceptors (Lipinski definition) is 4. The van der Waals surface area contributed by atoms with Crippen LogP contribution in [-0.4, -0.2) is 44.2 Å². The summed E-state index contributed by atoms with van der Waals surface area (Å²) in [5.74, 6) is 0.821. The Hall–Kier alpha value is -1.46. The average Bonchev–Trinajstić information content (AvgIpc) is 3.14. The minimum Gasteiger partial charge on any atom is -0.434 e. The fourth-order valence-corrected chi connectivity index (χ4v) is 4.18. The first-order chi connectivity index (χ1) is 13.5. The molecule has 0 fully saturated rings. The first kappa shape index (κ1) is 23.8. The molecule has 0 radical (unpaired) electrons. The third-order valence-electron chi connectivity index (χ3n) is 4.71. The molecule has 0 spiro atoms. The number of alkyl halides is 2. The van der Waals surface area contributed by atoms with E-state index >= 15 is 0 Å². The van der Waals surface area contributed by atoms with Crippen molar-refractivity contribution in [3.05, 3.63) is 51.2 Å². The fourth-order valence-electron chi connectivity index (χ4n) is 3.29. The van der Waals surface area contributed by atoms with Gasteiger partial charge in [-0.3, -0.25) is 9.89 Å². The Labute approximate surface area is 191 Å². The summed E-state index contributed by atoms with van der Waals surface area (Å²) in [6.45, 7) is 3.16. The van der Waals surface area contributed by atoms with E-state index in [0.717, 1.165) is 38.2 Å². The highest BCUT2D eigenvalue weighted by Gasteiger charge is 2.16. The van der Waals surface area contributed by atoms with Gasteiger partial charge < -0.3 is 15.4 Å². The summed E-state index contributed by atoms with van der Waals surface area (Å²) >= 11 is 1.84. The van der Waals surface area contributed by atoms with Crippen LogP contribution in [0.5, 0.6) is 5.75 Å². The van der Waals surface area contributed by atoms with Crippen molar-refractivity contribution in [2.75, 3.05) is 26.7 Å². The van der Waals surface area contributed by atoms with Gasteiger partial charge in [0.1, 0.15) is 5.75 Å². The predicted molar refractivity (Wildman–Crippen MR) is 125 cm³/mol. The van der Waals surface area contributed by atoms with E-state index in [9.17, 15) is 8.78 Å². The lowest BCUT2D eigenvalue weighted by Gasteiger charge is -2.27. The van der Waals surface area contributed by atoms with Crippen LogP contribution in [0, 0.1) is 6.92 Å². The number of thiophene rings is 1. The normalized spacial score (nSPS) is 14.3. The average molecular weight is 536 g/mol. The molecule has 9 heteroatoms. The van der Waals surface area contributed by atoms with Gasteiger partial charge in [-0.1, -0.05) is 17.7 Å². The summed E-state index contributed by atoms with van der Waals surface area (Å²) in [7, 11) is 1.70.